The third-order valence-electron chi connectivity index (χ3n) is 5.53. The number of hydrogen-bond acceptors (Lipinski definition) is 1. The van der Waals surface area contributed by atoms with Crippen molar-refractivity contribution in [3.8, 4) is 0 Å². The van der Waals surface area contributed by atoms with E-state index >= 15 is 0 Å². The molecule has 0 aliphatic heterocycles. The van der Waals surface area contributed by atoms with Gasteiger partial charge in [0.1, 0.15) is 5.82 Å². The van der Waals surface area contributed by atoms with Crippen molar-refractivity contribution in [2.75, 3.05) is 0 Å². The fraction of sp³-hybridized carbons (Fsp3) is 0.577. The van der Waals surface area contributed by atoms with Gasteiger partial charge in [-0.2, -0.15) is 0 Å². The van der Waals surface area contributed by atoms with Crippen LogP contribution in [0, 0.1) is 11.8 Å². The van der Waals surface area contributed by atoms with Gasteiger partial charge in [-0.25, -0.2) is 4.98 Å². The van der Waals surface area contributed by atoms with Crippen LogP contribution >= 0.6 is 0 Å². The van der Waals surface area contributed by atoms with E-state index in [-0.39, 0.29) is 0 Å². The number of hydrogen-bond donors (Lipinski definition) is 0. The van der Waals surface area contributed by atoms with Gasteiger partial charge >= 0.3 is 0 Å². The summed E-state index contributed by atoms with van der Waals surface area (Å²) in [6.45, 7) is 14.6. The molecule has 28 heavy (non-hydrogen) atoms. The molecular formula is C26H40N2. The third-order valence-corrected chi connectivity index (χ3v) is 5.53. The number of imidazole rings is 1. The summed E-state index contributed by atoms with van der Waals surface area (Å²) in [5, 5.41) is 0. The Balaban J connectivity index is 2.05. The lowest BCUT2D eigenvalue weighted by Gasteiger charge is -2.16. The normalized spacial score (nSPS) is 13.4. The van der Waals surface area contributed by atoms with Crippen molar-refractivity contribution < 1.29 is 0 Å². The Kier molecular flexibility index (Phi) is 9.02. The molecule has 1 aromatic carbocycles. The molecule has 0 fully saturated rings. The number of para-hydroxylation sites is 2. The molecule has 0 amide bonds. The molecule has 2 atom stereocenters. The Labute approximate surface area is 172 Å². The molecule has 0 saturated carbocycles. The van der Waals surface area contributed by atoms with Gasteiger partial charge in [-0.3, -0.25) is 0 Å². The first-order valence-electron chi connectivity index (χ1n) is 11.1. The van der Waals surface area contributed by atoms with Crippen molar-refractivity contribution in [2.45, 2.75) is 86.6 Å². The lowest BCUT2D eigenvalue weighted by atomic mass is 9.99. The fourth-order valence-electron chi connectivity index (χ4n) is 3.75. The van der Waals surface area contributed by atoms with Crippen LogP contribution in [0.25, 0.3) is 11.0 Å². The van der Waals surface area contributed by atoms with Gasteiger partial charge in [-0.05, 0) is 83.8 Å². The van der Waals surface area contributed by atoms with Gasteiger partial charge in [0.25, 0.3) is 0 Å². The Hall–Kier alpha value is -1.83. The summed E-state index contributed by atoms with van der Waals surface area (Å²) in [6, 6.07) is 8.62. The number of fused-ring (bicyclic) bond motifs is 1. The topological polar surface area (TPSA) is 17.8 Å². The Morgan fingerprint density at radius 1 is 0.893 bits per heavy atom. The van der Waals surface area contributed by atoms with Crippen LogP contribution in [-0.4, -0.2) is 9.55 Å². The summed E-state index contributed by atoms with van der Waals surface area (Å²) in [4.78, 5) is 5.00. The van der Waals surface area contributed by atoms with Crippen LogP contribution in [0.4, 0.5) is 0 Å². The molecule has 2 aromatic rings. The molecule has 2 rings (SSSR count). The van der Waals surface area contributed by atoms with E-state index in [1.165, 1.54) is 54.6 Å². The lowest BCUT2D eigenvalue weighted by molar-refractivity contribution is 0.442. The third kappa shape index (κ3) is 7.30. The zero-order valence-electron chi connectivity index (χ0n) is 19.0. The highest BCUT2D eigenvalue weighted by atomic mass is 15.1. The predicted octanol–water partition coefficient (Wildman–Crippen LogP) is 7.73. The molecule has 1 aromatic heterocycles. The van der Waals surface area contributed by atoms with Crippen LogP contribution in [0.1, 0.15) is 79.5 Å². The van der Waals surface area contributed by atoms with Crippen molar-refractivity contribution >= 4 is 11.0 Å². The van der Waals surface area contributed by atoms with Gasteiger partial charge in [0, 0.05) is 13.0 Å². The maximum Gasteiger partial charge on any atom is 0.110 e. The molecule has 0 unspecified atom stereocenters. The summed E-state index contributed by atoms with van der Waals surface area (Å²) in [5.74, 6) is 2.66. The SMILES string of the molecule is CC(C)=CCC[C@@H](C)CCn1c(C[C@H](C)CCC=C(C)C)nc2ccccc21. The number of aryl methyl sites for hydroxylation is 1. The van der Waals surface area contributed by atoms with Crippen LogP contribution in [0.15, 0.2) is 47.6 Å². The Bertz CT molecular complexity index is 786. The molecule has 154 valence electrons. The average molecular weight is 381 g/mol. The summed E-state index contributed by atoms with van der Waals surface area (Å²) in [5.41, 5.74) is 5.29. The maximum absolute atomic E-state index is 5.00. The number of benzene rings is 1. The highest BCUT2D eigenvalue weighted by molar-refractivity contribution is 5.75. The van der Waals surface area contributed by atoms with Crippen molar-refractivity contribution in [3.05, 3.63) is 53.4 Å². The van der Waals surface area contributed by atoms with Crippen LogP contribution in [0.2, 0.25) is 0 Å². The highest BCUT2D eigenvalue weighted by Gasteiger charge is 2.14. The van der Waals surface area contributed by atoms with E-state index in [1.54, 1.807) is 0 Å². The first kappa shape index (κ1) is 22.5. The highest BCUT2D eigenvalue weighted by Crippen LogP contribution is 2.22. The second-order valence-electron chi connectivity index (χ2n) is 9.09. The molecule has 2 nitrogen and oxygen atoms in total. The quantitative estimate of drug-likeness (QED) is 0.365. The minimum Gasteiger partial charge on any atom is -0.328 e. The summed E-state index contributed by atoms with van der Waals surface area (Å²) in [6.07, 6.45) is 11.9. The molecule has 2 heteroatoms. The Morgan fingerprint density at radius 3 is 2.14 bits per heavy atom. The van der Waals surface area contributed by atoms with Crippen LogP contribution in [0.5, 0.6) is 0 Å². The molecule has 0 aliphatic rings. The maximum atomic E-state index is 5.00. The molecule has 0 spiro atoms. The second kappa shape index (κ2) is 11.2. The van der Waals surface area contributed by atoms with Gasteiger partial charge in [-0.15, -0.1) is 0 Å². The lowest BCUT2D eigenvalue weighted by Crippen LogP contribution is -2.11. The monoisotopic (exact) mass is 380 g/mol. The zero-order valence-corrected chi connectivity index (χ0v) is 19.0. The van der Waals surface area contributed by atoms with Crippen molar-refractivity contribution in [1.82, 2.24) is 9.55 Å². The van der Waals surface area contributed by atoms with Gasteiger partial charge in [0.05, 0.1) is 11.0 Å². The zero-order chi connectivity index (χ0) is 20.5. The van der Waals surface area contributed by atoms with Gasteiger partial charge in [0.15, 0.2) is 0 Å². The summed E-state index contributed by atoms with van der Waals surface area (Å²) >= 11 is 0. The molecule has 0 saturated heterocycles. The first-order chi connectivity index (χ1) is 13.4. The molecule has 1 heterocycles. The molecule has 0 N–H and O–H groups in total. The van der Waals surface area contributed by atoms with Gasteiger partial charge in [-0.1, -0.05) is 49.3 Å². The van der Waals surface area contributed by atoms with Gasteiger partial charge < -0.3 is 4.57 Å². The van der Waals surface area contributed by atoms with Crippen molar-refractivity contribution in [3.63, 3.8) is 0 Å². The van der Waals surface area contributed by atoms with Crippen LogP contribution in [-0.2, 0) is 13.0 Å². The minimum atomic E-state index is 0.654. The molecule has 0 bridgehead atoms. The van der Waals surface area contributed by atoms with E-state index in [0.29, 0.717) is 5.92 Å². The summed E-state index contributed by atoms with van der Waals surface area (Å²) < 4.78 is 2.49. The van der Waals surface area contributed by atoms with E-state index in [9.17, 15) is 0 Å². The van der Waals surface area contributed by atoms with E-state index in [1.807, 2.05) is 0 Å². The number of rotatable bonds is 11. The van der Waals surface area contributed by atoms with Crippen molar-refractivity contribution in [2.24, 2.45) is 11.8 Å². The standard InChI is InChI=1S/C26H40N2/c1-20(2)11-9-13-22(5)17-18-28-25-16-8-7-15-24(25)27-26(28)19-23(6)14-10-12-21(3)4/h7-8,11-12,15-16,22-23H,9-10,13-14,17-19H2,1-6H3/t22-,23-/m1/s1. The molecule has 0 aliphatic carbocycles. The number of allylic oxidation sites excluding steroid dienone is 4. The minimum absolute atomic E-state index is 0.654. The predicted molar refractivity (Wildman–Crippen MR) is 124 cm³/mol. The van der Waals surface area contributed by atoms with Crippen molar-refractivity contribution in [1.29, 1.82) is 0 Å². The summed E-state index contributed by atoms with van der Waals surface area (Å²) in [7, 11) is 0. The van der Waals surface area contributed by atoms with Crippen LogP contribution in [0.3, 0.4) is 0 Å². The average Bonchev–Trinajstić information content (AvgIpc) is 2.96. The fourth-order valence-corrected chi connectivity index (χ4v) is 3.75. The smallest absolute Gasteiger partial charge is 0.110 e. The van der Waals surface area contributed by atoms with Crippen LogP contribution < -0.4 is 0 Å². The number of aromatic nitrogens is 2. The van der Waals surface area contributed by atoms with E-state index in [2.05, 4.69) is 82.5 Å². The second-order valence-corrected chi connectivity index (χ2v) is 9.09. The van der Waals surface area contributed by atoms with E-state index in [4.69, 9.17) is 4.98 Å². The number of nitrogens with zero attached hydrogens (tertiary/aromatic N) is 2. The first-order valence-corrected chi connectivity index (χ1v) is 11.1. The largest absolute Gasteiger partial charge is 0.328 e. The van der Waals surface area contributed by atoms with E-state index in [0.717, 1.165) is 24.4 Å². The molecule has 0 radical (unpaired) electrons. The molecular weight excluding hydrogens is 340 g/mol. The van der Waals surface area contributed by atoms with Gasteiger partial charge in [0.2, 0.25) is 0 Å². The Morgan fingerprint density at radius 2 is 1.50 bits per heavy atom. The van der Waals surface area contributed by atoms with E-state index < -0.39 is 0 Å².